The van der Waals surface area contributed by atoms with Crippen LogP contribution in [0.4, 0.5) is 13.2 Å². The highest BCUT2D eigenvalue weighted by Crippen LogP contribution is 2.24. The lowest BCUT2D eigenvalue weighted by atomic mass is 9.86. The molecule has 1 atom stereocenters. The Morgan fingerprint density at radius 2 is 1.58 bits per heavy atom. The number of alkyl halides is 3. The first-order valence-corrected chi connectivity index (χ1v) is 6.87. The van der Waals surface area contributed by atoms with Crippen LogP contribution in [0.5, 0.6) is 0 Å². The van der Waals surface area contributed by atoms with Crippen LogP contribution in [0.1, 0.15) is 47.5 Å². The summed E-state index contributed by atoms with van der Waals surface area (Å²) in [6, 6.07) is 0. The average molecular weight is 282 g/mol. The second kappa shape index (κ2) is 6.93. The van der Waals surface area contributed by atoms with E-state index in [1.807, 2.05) is 0 Å². The van der Waals surface area contributed by atoms with Crippen LogP contribution in [0.15, 0.2) is 0 Å². The minimum absolute atomic E-state index is 0.00632. The van der Waals surface area contributed by atoms with Gasteiger partial charge in [0.2, 0.25) is 0 Å². The van der Waals surface area contributed by atoms with Gasteiger partial charge in [0.05, 0.1) is 6.42 Å². The Morgan fingerprint density at radius 1 is 1.05 bits per heavy atom. The molecule has 0 aliphatic carbocycles. The quantitative estimate of drug-likeness (QED) is 0.766. The fourth-order valence-electron chi connectivity index (χ4n) is 1.82. The molecular weight excluding hydrogens is 253 g/mol. The number of nitrogens with one attached hydrogen (secondary N) is 1. The molecule has 0 fully saturated rings. The SMILES string of the molecule is CCC(C)(CNC(C)(C)C)CN(C)CCC(F)(F)F. The van der Waals surface area contributed by atoms with Gasteiger partial charge in [0.1, 0.15) is 0 Å². The first kappa shape index (κ1) is 18.7. The lowest BCUT2D eigenvalue weighted by molar-refractivity contribution is -0.138. The van der Waals surface area contributed by atoms with Crippen molar-refractivity contribution in [3.05, 3.63) is 0 Å². The van der Waals surface area contributed by atoms with E-state index in [9.17, 15) is 13.2 Å². The van der Waals surface area contributed by atoms with E-state index in [-0.39, 0.29) is 17.5 Å². The van der Waals surface area contributed by atoms with Gasteiger partial charge < -0.3 is 10.2 Å². The third-order valence-corrected chi connectivity index (χ3v) is 3.33. The molecule has 0 aromatic rings. The largest absolute Gasteiger partial charge is 0.390 e. The molecule has 0 bridgehead atoms. The summed E-state index contributed by atoms with van der Waals surface area (Å²) in [5.41, 5.74) is 0.0224. The first-order valence-electron chi connectivity index (χ1n) is 6.87. The van der Waals surface area contributed by atoms with Gasteiger partial charge in [-0.2, -0.15) is 13.2 Å². The van der Waals surface area contributed by atoms with Gasteiger partial charge in [-0.3, -0.25) is 0 Å². The fourth-order valence-corrected chi connectivity index (χ4v) is 1.82. The van der Waals surface area contributed by atoms with Crippen LogP contribution in [-0.2, 0) is 0 Å². The minimum Gasteiger partial charge on any atom is -0.311 e. The highest BCUT2D eigenvalue weighted by atomic mass is 19.4. The molecule has 0 aliphatic rings. The van der Waals surface area contributed by atoms with Crippen molar-refractivity contribution in [1.29, 1.82) is 0 Å². The molecule has 0 saturated heterocycles. The molecule has 0 aliphatic heterocycles. The molecule has 0 radical (unpaired) electrons. The van der Waals surface area contributed by atoms with Gasteiger partial charge in [-0.15, -0.1) is 0 Å². The van der Waals surface area contributed by atoms with E-state index in [0.29, 0.717) is 6.54 Å². The van der Waals surface area contributed by atoms with Crippen molar-refractivity contribution >= 4 is 0 Å². The Kier molecular flexibility index (Phi) is 6.83. The smallest absolute Gasteiger partial charge is 0.311 e. The summed E-state index contributed by atoms with van der Waals surface area (Å²) in [6.07, 6.45) is -3.87. The topological polar surface area (TPSA) is 15.3 Å². The third kappa shape index (κ3) is 10.2. The number of rotatable bonds is 7. The lowest BCUT2D eigenvalue weighted by Gasteiger charge is -2.36. The van der Waals surface area contributed by atoms with Gasteiger partial charge in [-0.1, -0.05) is 13.8 Å². The summed E-state index contributed by atoms with van der Waals surface area (Å²) in [5.74, 6) is 0. The lowest BCUT2D eigenvalue weighted by Crippen LogP contribution is -2.47. The van der Waals surface area contributed by atoms with E-state index in [0.717, 1.165) is 13.0 Å². The van der Waals surface area contributed by atoms with E-state index >= 15 is 0 Å². The monoisotopic (exact) mass is 282 g/mol. The number of halogens is 3. The molecule has 0 aromatic carbocycles. The van der Waals surface area contributed by atoms with Crippen LogP contribution in [0.3, 0.4) is 0 Å². The molecule has 0 saturated carbocycles. The highest BCUT2D eigenvalue weighted by Gasteiger charge is 2.30. The summed E-state index contributed by atoms with van der Waals surface area (Å²) in [6.45, 7) is 12.0. The van der Waals surface area contributed by atoms with Gasteiger partial charge in [0, 0.05) is 25.2 Å². The van der Waals surface area contributed by atoms with Gasteiger partial charge in [-0.25, -0.2) is 0 Å². The van der Waals surface area contributed by atoms with Crippen molar-refractivity contribution in [1.82, 2.24) is 10.2 Å². The van der Waals surface area contributed by atoms with E-state index in [1.54, 1.807) is 11.9 Å². The summed E-state index contributed by atoms with van der Waals surface area (Å²) in [4.78, 5) is 1.78. The molecule has 0 heterocycles. The number of nitrogens with zero attached hydrogens (tertiary/aromatic N) is 1. The molecule has 1 N–H and O–H groups in total. The van der Waals surface area contributed by atoms with Crippen molar-refractivity contribution in [2.45, 2.75) is 59.2 Å². The fraction of sp³-hybridized carbons (Fsp3) is 1.00. The minimum atomic E-state index is -4.07. The maximum absolute atomic E-state index is 12.2. The van der Waals surface area contributed by atoms with Crippen molar-refractivity contribution in [3.63, 3.8) is 0 Å². The van der Waals surface area contributed by atoms with E-state index in [4.69, 9.17) is 0 Å². The summed E-state index contributed by atoms with van der Waals surface area (Å²) >= 11 is 0. The predicted molar refractivity (Wildman–Crippen MR) is 74.3 cm³/mol. The molecule has 1 unspecified atom stereocenters. The van der Waals surface area contributed by atoms with Crippen LogP contribution in [0.25, 0.3) is 0 Å². The standard InChI is InChI=1S/C14H29F3N2/c1-7-13(5,10-18-12(2,3)4)11-19(6)9-8-14(15,16)17/h18H,7-11H2,1-6H3. The first-order chi connectivity index (χ1) is 8.37. The van der Waals surface area contributed by atoms with Crippen molar-refractivity contribution in [2.24, 2.45) is 5.41 Å². The van der Waals surface area contributed by atoms with E-state index < -0.39 is 12.6 Å². The predicted octanol–water partition coefficient (Wildman–Crippen LogP) is 3.68. The molecule has 0 aromatic heterocycles. The normalized spacial score (nSPS) is 16.7. The van der Waals surface area contributed by atoms with Gasteiger partial charge >= 0.3 is 6.18 Å². The molecule has 116 valence electrons. The Bertz CT molecular complexity index is 258. The molecule has 0 rings (SSSR count). The molecule has 19 heavy (non-hydrogen) atoms. The Morgan fingerprint density at radius 3 is 1.95 bits per heavy atom. The number of hydrogen-bond acceptors (Lipinski definition) is 2. The second-order valence-corrected chi connectivity index (χ2v) is 6.87. The number of hydrogen-bond donors (Lipinski definition) is 1. The molecule has 5 heteroatoms. The van der Waals surface area contributed by atoms with Crippen LogP contribution in [-0.4, -0.2) is 43.3 Å². The zero-order valence-corrected chi connectivity index (χ0v) is 13.1. The summed E-state index contributed by atoms with van der Waals surface area (Å²) in [5, 5.41) is 3.44. The van der Waals surface area contributed by atoms with Crippen LogP contribution in [0, 0.1) is 5.41 Å². The maximum atomic E-state index is 12.2. The van der Waals surface area contributed by atoms with Gasteiger partial charge in [0.25, 0.3) is 0 Å². The van der Waals surface area contributed by atoms with Crippen molar-refractivity contribution in [2.75, 3.05) is 26.7 Å². The molecule has 0 spiro atoms. The van der Waals surface area contributed by atoms with Gasteiger partial charge in [-0.05, 0) is 39.7 Å². The molecule has 0 amide bonds. The van der Waals surface area contributed by atoms with E-state index in [1.165, 1.54) is 0 Å². The summed E-state index contributed by atoms with van der Waals surface area (Å²) < 4.78 is 36.6. The zero-order chi connectivity index (χ0) is 15.3. The Hall–Kier alpha value is -0.290. The van der Waals surface area contributed by atoms with Crippen LogP contribution < -0.4 is 5.32 Å². The van der Waals surface area contributed by atoms with Gasteiger partial charge in [0.15, 0.2) is 0 Å². The molecule has 2 nitrogen and oxygen atoms in total. The van der Waals surface area contributed by atoms with E-state index in [2.05, 4.69) is 39.9 Å². The zero-order valence-electron chi connectivity index (χ0n) is 13.1. The van der Waals surface area contributed by atoms with Crippen molar-refractivity contribution < 1.29 is 13.2 Å². The van der Waals surface area contributed by atoms with Crippen LogP contribution in [0.2, 0.25) is 0 Å². The molecular formula is C14H29F3N2. The Balaban J connectivity index is 4.29. The maximum Gasteiger partial charge on any atom is 0.390 e. The third-order valence-electron chi connectivity index (χ3n) is 3.33. The Labute approximate surface area is 115 Å². The average Bonchev–Trinajstić information content (AvgIpc) is 2.22. The van der Waals surface area contributed by atoms with Crippen LogP contribution >= 0.6 is 0 Å². The second-order valence-electron chi connectivity index (χ2n) is 6.87. The van der Waals surface area contributed by atoms with Crippen molar-refractivity contribution in [3.8, 4) is 0 Å². The highest BCUT2D eigenvalue weighted by molar-refractivity contribution is 4.82. The summed E-state index contributed by atoms with van der Waals surface area (Å²) in [7, 11) is 1.76.